The maximum Gasteiger partial charge on any atom is 0.241 e. The lowest BCUT2D eigenvalue weighted by Crippen LogP contribution is -2.39. The third-order valence-corrected chi connectivity index (χ3v) is 4.91. The Kier molecular flexibility index (Phi) is 4.36. The number of fused-ring (bicyclic) bond motifs is 2. The number of anilines is 1. The Hall–Kier alpha value is -1.59. The number of benzene rings is 1. The van der Waals surface area contributed by atoms with Gasteiger partial charge in [-0.2, -0.15) is 5.10 Å². The normalized spacial score (nSPS) is 27.2. The highest BCUT2D eigenvalue weighted by molar-refractivity contribution is 6.02. The predicted octanol–water partition coefficient (Wildman–Crippen LogP) is 2.84. The zero-order valence-electron chi connectivity index (χ0n) is 12.3. The van der Waals surface area contributed by atoms with Crippen molar-refractivity contribution >= 4 is 34.9 Å². The van der Waals surface area contributed by atoms with E-state index in [1.807, 2.05) is 18.2 Å². The van der Waals surface area contributed by atoms with Gasteiger partial charge in [0.05, 0.1) is 23.4 Å². The van der Waals surface area contributed by atoms with Crippen LogP contribution in [0.1, 0.15) is 32.1 Å². The lowest BCUT2D eigenvalue weighted by atomic mass is 9.85. The molecule has 0 radical (unpaired) electrons. The van der Waals surface area contributed by atoms with Crippen molar-refractivity contribution in [2.45, 2.75) is 44.2 Å². The predicted molar refractivity (Wildman–Crippen MR) is 89.3 cm³/mol. The number of para-hydroxylation sites is 1. The number of amides is 1. The number of aromatic amines is 1. The molecular weight excluding hydrogens is 300 g/mol. The second kappa shape index (κ2) is 6.26. The van der Waals surface area contributed by atoms with Gasteiger partial charge in [-0.25, -0.2) is 0 Å². The SMILES string of the molecule is Cl.O=C(Nc1cccc2cn[nH]c12)C1CC2CCCCC2N1. The zero-order valence-corrected chi connectivity index (χ0v) is 13.2. The van der Waals surface area contributed by atoms with Crippen molar-refractivity contribution in [3.8, 4) is 0 Å². The average molecular weight is 321 g/mol. The minimum Gasteiger partial charge on any atom is -0.323 e. The Morgan fingerprint density at radius 1 is 1.27 bits per heavy atom. The average Bonchev–Trinajstić information content (AvgIpc) is 3.14. The van der Waals surface area contributed by atoms with Gasteiger partial charge in [0.2, 0.25) is 5.91 Å². The van der Waals surface area contributed by atoms with Gasteiger partial charge in [0.1, 0.15) is 0 Å². The molecule has 22 heavy (non-hydrogen) atoms. The molecule has 6 heteroatoms. The first-order chi connectivity index (χ1) is 10.3. The summed E-state index contributed by atoms with van der Waals surface area (Å²) in [5, 5.41) is 14.6. The molecule has 1 saturated carbocycles. The third-order valence-electron chi connectivity index (χ3n) is 4.91. The molecule has 3 N–H and O–H groups in total. The van der Waals surface area contributed by atoms with Crippen LogP contribution < -0.4 is 10.6 Å². The Morgan fingerprint density at radius 2 is 2.14 bits per heavy atom. The lowest BCUT2D eigenvalue weighted by Gasteiger charge is -2.24. The van der Waals surface area contributed by atoms with Crippen molar-refractivity contribution in [3.05, 3.63) is 24.4 Å². The van der Waals surface area contributed by atoms with E-state index >= 15 is 0 Å². The molecule has 2 heterocycles. The van der Waals surface area contributed by atoms with Gasteiger partial charge >= 0.3 is 0 Å². The summed E-state index contributed by atoms with van der Waals surface area (Å²) < 4.78 is 0. The fourth-order valence-electron chi connectivity index (χ4n) is 3.81. The van der Waals surface area contributed by atoms with E-state index in [1.165, 1.54) is 25.7 Å². The first-order valence-electron chi connectivity index (χ1n) is 7.80. The highest BCUT2D eigenvalue weighted by Crippen LogP contribution is 2.33. The Morgan fingerprint density at radius 3 is 3.00 bits per heavy atom. The van der Waals surface area contributed by atoms with Crippen LogP contribution in [0.25, 0.3) is 10.9 Å². The number of hydrogen-bond acceptors (Lipinski definition) is 3. The number of carbonyl (C=O) groups is 1. The van der Waals surface area contributed by atoms with Gasteiger partial charge in [-0.05, 0) is 31.2 Å². The van der Waals surface area contributed by atoms with Crippen LogP contribution in [-0.4, -0.2) is 28.2 Å². The molecule has 118 valence electrons. The van der Waals surface area contributed by atoms with Crippen molar-refractivity contribution in [2.24, 2.45) is 5.92 Å². The van der Waals surface area contributed by atoms with Crippen LogP contribution >= 0.6 is 12.4 Å². The van der Waals surface area contributed by atoms with Gasteiger partial charge < -0.3 is 10.6 Å². The van der Waals surface area contributed by atoms with Crippen LogP contribution in [0, 0.1) is 5.92 Å². The van der Waals surface area contributed by atoms with Crippen molar-refractivity contribution in [2.75, 3.05) is 5.32 Å². The number of rotatable bonds is 2. The second-order valence-electron chi connectivity index (χ2n) is 6.24. The van der Waals surface area contributed by atoms with Gasteiger partial charge in [-0.1, -0.05) is 25.0 Å². The molecule has 3 unspecified atom stereocenters. The van der Waals surface area contributed by atoms with Gasteiger partial charge in [-0.15, -0.1) is 12.4 Å². The monoisotopic (exact) mass is 320 g/mol. The largest absolute Gasteiger partial charge is 0.323 e. The van der Waals surface area contributed by atoms with Gasteiger partial charge in [-0.3, -0.25) is 9.89 Å². The summed E-state index contributed by atoms with van der Waals surface area (Å²) in [5.74, 6) is 0.754. The topological polar surface area (TPSA) is 69.8 Å². The molecule has 1 aromatic heterocycles. The molecule has 1 aliphatic carbocycles. The molecule has 2 fully saturated rings. The molecule has 1 aromatic carbocycles. The molecule has 1 saturated heterocycles. The summed E-state index contributed by atoms with van der Waals surface area (Å²) in [5.41, 5.74) is 1.70. The number of halogens is 1. The molecule has 1 aliphatic heterocycles. The van der Waals surface area contributed by atoms with Crippen LogP contribution in [-0.2, 0) is 4.79 Å². The van der Waals surface area contributed by atoms with Crippen molar-refractivity contribution in [3.63, 3.8) is 0 Å². The van der Waals surface area contributed by atoms with E-state index < -0.39 is 0 Å². The summed E-state index contributed by atoms with van der Waals surface area (Å²) >= 11 is 0. The smallest absolute Gasteiger partial charge is 0.241 e. The van der Waals surface area contributed by atoms with Crippen LogP contribution in [0.2, 0.25) is 0 Å². The zero-order chi connectivity index (χ0) is 14.2. The van der Waals surface area contributed by atoms with E-state index in [2.05, 4.69) is 20.8 Å². The molecule has 0 bridgehead atoms. The maximum absolute atomic E-state index is 12.5. The second-order valence-corrected chi connectivity index (χ2v) is 6.24. The lowest BCUT2D eigenvalue weighted by molar-refractivity contribution is -0.117. The van der Waals surface area contributed by atoms with Crippen molar-refractivity contribution in [1.29, 1.82) is 0 Å². The minimum absolute atomic E-state index is 0. The molecule has 5 nitrogen and oxygen atoms in total. The summed E-state index contributed by atoms with van der Waals surface area (Å²) in [4.78, 5) is 12.5. The summed E-state index contributed by atoms with van der Waals surface area (Å²) in [6, 6.07) is 6.32. The Balaban J connectivity index is 0.00000144. The number of hydrogen-bond donors (Lipinski definition) is 3. The van der Waals surface area contributed by atoms with E-state index in [0.29, 0.717) is 12.0 Å². The summed E-state index contributed by atoms with van der Waals surface area (Å²) in [6.45, 7) is 0. The van der Waals surface area contributed by atoms with Crippen LogP contribution in [0.15, 0.2) is 24.4 Å². The number of nitrogens with zero attached hydrogens (tertiary/aromatic N) is 1. The fourth-order valence-corrected chi connectivity index (χ4v) is 3.81. The first kappa shape index (κ1) is 15.3. The van der Waals surface area contributed by atoms with E-state index in [1.54, 1.807) is 6.20 Å². The van der Waals surface area contributed by atoms with Gasteiger partial charge in [0.15, 0.2) is 0 Å². The van der Waals surface area contributed by atoms with Crippen LogP contribution in [0.5, 0.6) is 0 Å². The molecule has 2 aromatic rings. The molecular formula is C16H21ClN4O. The van der Waals surface area contributed by atoms with E-state index in [4.69, 9.17) is 0 Å². The van der Waals surface area contributed by atoms with Crippen molar-refractivity contribution < 1.29 is 4.79 Å². The Labute approximate surface area is 135 Å². The minimum atomic E-state index is -0.0590. The number of H-pyrrole nitrogens is 1. The van der Waals surface area contributed by atoms with Crippen LogP contribution in [0.3, 0.4) is 0 Å². The highest BCUT2D eigenvalue weighted by Gasteiger charge is 2.38. The standard InChI is InChI=1S/C16H20N4O.ClH/c21-16(14-8-10-4-1-2-6-12(10)18-14)19-13-7-3-5-11-9-17-20-15(11)13;/h3,5,7,9-10,12,14,18H,1-2,4,6,8H2,(H,17,20)(H,19,21);1H. The number of nitrogens with one attached hydrogen (secondary N) is 3. The van der Waals surface area contributed by atoms with E-state index in [9.17, 15) is 4.79 Å². The van der Waals surface area contributed by atoms with E-state index in [0.717, 1.165) is 23.0 Å². The molecule has 3 atom stereocenters. The number of aromatic nitrogens is 2. The molecule has 0 spiro atoms. The first-order valence-corrected chi connectivity index (χ1v) is 7.80. The molecule has 1 amide bonds. The van der Waals surface area contributed by atoms with E-state index in [-0.39, 0.29) is 24.4 Å². The number of carbonyl (C=O) groups excluding carboxylic acids is 1. The molecule has 4 rings (SSSR count). The fraction of sp³-hybridized carbons (Fsp3) is 0.500. The third kappa shape index (κ3) is 2.71. The van der Waals surface area contributed by atoms with Gasteiger partial charge in [0.25, 0.3) is 0 Å². The molecule has 2 aliphatic rings. The summed E-state index contributed by atoms with van der Waals surface area (Å²) in [7, 11) is 0. The van der Waals surface area contributed by atoms with Gasteiger partial charge in [0, 0.05) is 11.4 Å². The maximum atomic E-state index is 12.5. The van der Waals surface area contributed by atoms with Crippen molar-refractivity contribution in [1.82, 2.24) is 15.5 Å². The quantitative estimate of drug-likeness (QED) is 0.797. The summed E-state index contributed by atoms with van der Waals surface area (Å²) in [6.07, 6.45) is 7.81. The Bertz CT molecular complexity index is 657. The van der Waals surface area contributed by atoms with Crippen LogP contribution in [0.4, 0.5) is 5.69 Å². The highest BCUT2D eigenvalue weighted by atomic mass is 35.5.